The highest BCUT2D eigenvalue weighted by molar-refractivity contribution is 5.69. The predicted molar refractivity (Wildman–Crippen MR) is 62.2 cm³/mol. The van der Waals surface area contributed by atoms with Crippen LogP contribution >= 0.6 is 0 Å². The number of nitriles is 1. The molecule has 0 aliphatic rings. The summed E-state index contributed by atoms with van der Waals surface area (Å²) in [6.07, 6.45) is -3.07. The number of aromatic amines is 1. The van der Waals surface area contributed by atoms with Gasteiger partial charge < -0.3 is 4.98 Å². The lowest BCUT2D eigenvalue weighted by Gasteiger charge is -2.08. The Morgan fingerprint density at radius 3 is 2.26 bits per heavy atom. The quantitative estimate of drug-likeness (QED) is 0.860. The Labute approximate surface area is 105 Å². The van der Waals surface area contributed by atoms with E-state index in [-0.39, 0.29) is 5.56 Å². The summed E-state index contributed by atoms with van der Waals surface area (Å²) in [6, 6.07) is 7.51. The van der Waals surface area contributed by atoms with Gasteiger partial charge in [0.2, 0.25) is 0 Å². The Balaban J connectivity index is 2.53. The zero-order valence-electron chi connectivity index (χ0n) is 9.45. The van der Waals surface area contributed by atoms with Crippen molar-refractivity contribution in [3.05, 3.63) is 58.0 Å². The van der Waals surface area contributed by atoms with Crippen LogP contribution in [0.1, 0.15) is 11.1 Å². The van der Waals surface area contributed by atoms with Gasteiger partial charge in [0.05, 0.1) is 5.56 Å². The summed E-state index contributed by atoms with van der Waals surface area (Å²) in [7, 11) is 0. The largest absolute Gasteiger partial charge is 0.416 e. The molecule has 1 N–H and O–H groups in total. The smallest absolute Gasteiger partial charge is 0.328 e. The van der Waals surface area contributed by atoms with Crippen LogP contribution in [0.5, 0.6) is 0 Å². The van der Waals surface area contributed by atoms with Crippen LogP contribution in [0.3, 0.4) is 0 Å². The average molecular weight is 264 g/mol. The van der Waals surface area contributed by atoms with E-state index in [1.165, 1.54) is 24.4 Å². The lowest BCUT2D eigenvalue weighted by atomic mass is 10.0. The van der Waals surface area contributed by atoms with Gasteiger partial charge in [0.25, 0.3) is 5.56 Å². The third-order valence-electron chi connectivity index (χ3n) is 2.60. The van der Waals surface area contributed by atoms with Gasteiger partial charge in [0.15, 0.2) is 0 Å². The summed E-state index contributed by atoms with van der Waals surface area (Å²) in [5.74, 6) is 0. The molecule has 2 aromatic rings. The monoisotopic (exact) mass is 264 g/mol. The van der Waals surface area contributed by atoms with Crippen molar-refractivity contribution in [2.24, 2.45) is 0 Å². The number of nitrogens with one attached hydrogen (secondary N) is 1. The molecule has 1 aromatic heterocycles. The third kappa shape index (κ3) is 2.50. The van der Waals surface area contributed by atoms with E-state index in [1.807, 2.05) is 0 Å². The van der Waals surface area contributed by atoms with Gasteiger partial charge in [0, 0.05) is 11.8 Å². The van der Waals surface area contributed by atoms with Gasteiger partial charge in [-0.3, -0.25) is 4.79 Å². The van der Waals surface area contributed by atoms with Crippen LogP contribution in [-0.4, -0.2) is 4.98 Å². The predicted octanol–water partition coefficient (Wildman–Crippen LogP) is 2.93. The topological polar surface area (TPSA) is 56.6 Å². The van der Waals surface area contributed by atoms with Gasteiger partial charge in [-0.25, -0.2) is 0 Å². The highest BCUT2D eigenvalue weighted by Crippen LogP contribution is 2.31. The Hall–Kier alpha value is -2.55. The molecule has 2 rings (SSSR count). The molecule has 0 fully saturated rings. The van der Waals surface area contributed by atoms with Crippen molar-refractivity contribution in [2.45, 2.75) is 6.18 Å². The van der Waals surface area contributed by atoms with Gasteiger partial charge in [-0.2, -0.15) is 18.4 Å². The first-order valence-electron chi connectivity index (χ1n) is 5.23. The lowest BCUT2D eigenvalue weighted by Crippen LogP contribution is -2.10. The SMILES string of the molecule is N#Cc1c(-c2ccc(C(F)(F)F)cc2)cc[nH]c1=O. The van der Waals surface area contributed by atoms with Crippen molar-refractivity contribution in [1.29, 1.82) is 5.26 Å². The lowest BCUT2D eigenvalue weighted by molar-refractivity contribution is -0.137. The molecule has 0 amide bonds. The molecule has 1 aromatic carbocycles. The van der Waals surface area contributed by atoms with E-state index < -0.39 is 17.3 Å². The highest BCUT2D eigenvalue weighted by atomic mass is 19.4. The van der Waals surface area contributed by atoms with Crippen molar-refractivity contribution in [3.63, 3.8) is 0 Å². The van der Waals surface area contributed by atoms with Crippen LogP contribution in [0.2, 0.25) is 0 Å². The first-order chi connectivity index (χ1) is 8.93. The van der Waals surface area contributed by atoms with Crippen LogP contribution in [0, 0.1) is 11.3 Å². The minimum atomic E-state index is -4.41. The normalized spacial score (nSPS) is 11.1. The maximum absolute atomic E-state index is 12.4. The minimum Gasteiger partial charge on any atom is -0.328 e. The number of pyridine rings is 1. The van der Waals surface area contributed by atoms with Crippen molar-refractivity contribution in [2.75, 3.05) is 0 Å². The number of hydrogen-bond acceptors (Lipinski definition) is 2. The Kier molecular flexibility index (Phi) is 3.13. The molecule has 0 unspecified atom stereocenters. The third-order valence-corrected chi connectivity index (χ3v) is 2.60. The van der Waals surface area contributed by atoms with E-state index >= 15 is 0 Å². The number of alkyl halides is 3. The molecular formula is C13H7F3N2O. The summed E-state index contributed by atoms with van der Waals surface area (Å²) in [6.45, 7) is 0. The fourth-order valence-corrected chi connectivity index (χ4v) is 1.67. The molecule has 0 saturated carbocycles. The van der Waals surface area contributed by atoms with E-state index in [9.17, 15) is 18.0 Å². The van der Waals surface area contributed by atoms with Crippen molar-refractivity contribution in [3.8, 4) is 17.2 Å². The molecule has 0 aliphatic carbocycles. The van der Waals surface area contributed by atoms with Gasteiger partial charge >= 0.3 is 6.18 Å². The molecule has 19 heavy (non-hydrogen) atoms. The number of nitrogens with zero attached hydrogens (tertiary/aromatic N) is 1. The maximum Gasteiger partial charge on any atom is 0.416 e. The van der Waals surface area contributed by atoms with Gasteiger partial charge in [-0.1, -0.05) is 12.1 Å². The summed E-state index contributed by atoms with van der Waals surface area (Å²) in [4.78, 5) is 13.8. The maximum atomic E-state index is 12.4. The molecule has 0 saturated heterocycles. The average Bonchev–Trinajstić information content (AvgIpc) is 2.37. The first kappa shape index (κ1) is 12.9. The number of H-pyrrole nitrogens is 1. The number of halogens is 3. The van der Waals surface area contributed by atoms with Gasteiger partial charge in [-0.05, 0) is 23.8 Å². The second-order valence-corrected chi connectivity index (χ2v) is 3.78. The van der Waals surface area contributed by atoms with E-state index in [2.05, 4.69) is 4.98 Å². The van der Waals surface area contributed by atoms with Crippen LogP contribution in [0.4, 0.5) is 13.2 Å². The summed E-state index contributed by atoms with van der Waals surface area (Å²) in [5.41, 5.74) is -0.780. The first-order valence-corrected chi connectivity index (χ1v) is 5.23. The molecule has 3 nitrogen and oxygen atoms in total. The Morgan fingerprint density at radius 1 is 1.11 bits per heavy atom. The molecule has 0 spiro atoms. The molecular weight excluding hydrogens is 257 g/mol. The zero-order valence-corrected chi connectivity index (χ0v) is 9.45. The highest BCUT2D eigenvalue weighted by Gasteiger charge is 2.30. The Morgan fingerprint density at radius 2 is 1.74 bits per heavy atom. The second kappa shape index (κ2) is 4.61. The van der Waals surface area contributed by atoms with Crippen LogP contribution in [0.15, 0.2) is 41.3 Å². The minimum absolute atomic E-state index is 0.123. The number of aromatic nitrogens is 1. The molecule has 6 heteroatoms. The summed E-state index contributed by atoms with van der Waals surface area (Å²) in [5, 5.41) is 8.89. The molecule has 96 valence electrons. The van der Waals surface area contributed by atoms with Crippen molar-refractivity contribution < 1.29 is 13.2 Å². The van der Waals surface area contributed by atoms with Crippen molar-refractivity contribution >= 4 is 0 Å². The zero-order chi connectivity index (χ0) is 14.0. The van der Waals surface area contributed by atoms with E-state index in [4.69, 9.17) is 5.26 Å². The standard InChI is InChI=1S/C13H7F3N2O/c14-13(15,16)9-3-1-8(2-4-9)10-5-6-18-12(19)11(10)7-17/h1-6H,(H,18,19). The van der Waals surface area contributed by atoms with Crippen LogP contribution in [-0.2, 0) is 6.18 Å². The number of rotatable bonds is 1. The molecule has 0 radical (unpaired) electrons. The fourth-order valence-electron chi connectivity index (χ4n) is 1.67. The number of hydrogen-bond donors (Lipinski definition) is 1. The van der Waals surface area contributed by atoms with Crippen LogP contribution < -0.4 is 5.56 Å². The summed E-state index contributed by atoms with van der Waals surface area (Å²) >= 11 is 0. The van der Waals surface area contributed by atoms with Crippen molar-refractivity contribution in [1.82, 2.24) is 4.98 Å². The molecule has 1 heterocycles. The van der Waals surface area contributed by atoms with E-state index in [0.29, 0.717) is 11.1 Å². The fraction of sp³-hybridized carbons (Fsp3) is 0.0769. The number of benzene rings is 1. The van der Waals surface area contributed by atoms with Gasteiger partial charge in [0.1, 0.15) is 11.6 Å². The van der Waals surface area contributed by atoms with E-state index in [0.717, 1.165) is 12.1 Å². The van der Waals surface area contributed by atoms with E-state index in [1.54, 1.807) is 6.07 Å². The van der Waals surface area contributed by atoms with Crippen LogP contribution in [0.25, 0.3) is 11.1 Å². The summed E-state index contributed by atoms with van der Waals surface area (Å²) < 4.78 is 37.3. The second-order valence-electron chi connectivity index (χ2n) is 3.78. The molecule has 0 atom stereocenters. The molecule has 0 aliphatic heterocycles. The van der Waals surface area contributed by atoms with Gasteiger partial charge in [-0.15, -0.1) is 0 Å². The Bertz CT molecular complexity index is 694. The molecule has 0 bridgehead atoms.